The highest BCUT2D eigenvalue weighted by Gasteiger charge is 2.32. The Balaban J connectivity index is 2.96. The van der Waals surface area contributed by atoms with Crippen molar-refractivity contribution in [2.75, 3.05) is 0 Å². The van der Waals surface area contributed by atoms with Crippen LogP contribution in [0.2, 0.25) is 0 Å². The normalized spacial score (nSPS) is 13.5. The monoisotopic (exact) mass is 210 g/mol. The third-order valence-electron chi connectivity index (χ3n) is 1.40. The molecule has 2 nitrogen and oxygen atoms in total. The largest absolute Gasteiger partial charge is 0.427 e. The van der Waals surface area contributed by atoms with E-state index in [0.29, 0.717) is 5.69 Å². The van der Waals surface area contributed by atoms with Crippen LogP contribution < -0.4 is 0 Å². The number of aromatic nitrogens is 2. The minimum atomic E-state index is -4.49. The fourth-order valence-corrected chi connectivity index (χ4v) is 0.830. The van der Waals surface area contributed by atoms with Crippen LogP contribution in [-0.4, -0.2) is 15.7 Å². The van der Waals surface area contributed by atoms with Crippen molar-refractivity contribution in [3.05, 3.63) is 23.3 Å². The summed E-state index contributed by atoms with van der Waals surface area (Å²) in [5, 5.41) is -1.16. The maximum Gasteiger partial charge on any atom is 0.427 e. The molecule has 0 amide bonds. The van der Waals surface area contributed by atoms with Crippen LogP contribution in [-0.2, 0) is 7.05 Å². The van der Waals surface area contributed by atoms with Gasteiger partial charge >= 0.3 is 6.18 Å². The van der Waals surface area contributed by atoms with Gasteiger partial charge in [0, 0.05) is 7.05 Å². The number of nitrogens with zero attached hydrogens (tertiary/aromatic N) is 2. The standard InChI is InChI=1S/C7H6ClF3N2/c1-13-4-12-3-5(13)2-6(8)7(9,10)11/h2-4H,1H3/b6-2+. The summed E-state index contributed by atoms with van der Waals surface area (Å²) in [6.45, 7) is 0. The lowest BCUT2D eigenvalue weighted by molar-refractivity contribution is -0.0836. The molecule has 0 radical (unpaired) electrons. The SMILES string of the molecule is Cn1cncc1/C=C(/Cl)C(F)(F)F. The Morgan fingerprint density at radius 1 is 1.62 bits per heavy atom. The molecule has 0 N–H and O–H groups in total. The van der Waals surface area contributed by atoms with Gasteiger partial charge in [-0.1, -0.05) is 11.6 Å². The van der Waals surface area contributed by atoms with Gasteiger partial charge in [0.25, 0.3) is 0 Å². The lowest BCUT2D eigenvalue weighted by Crippen LogP contribution is -2.07. The first-order valence-corrected chi connectivity index (χ1v) is 3.70. The van der Waals surface area contributed by atoms with Gasteiger partial charge in [0.2, 0.25) is 0 Å². The van der Waals surface area contributed by atoms with E-state index in [4.69, 9.17) is 11.6 Å². The molecule has 6 heteroatoms. The van der Waals surface area contributed by atoms with Gasteiger partial charge in [-0.25, -0.2) is 4.98 Å². The number of imidazole rings is 1. The van der Waals surface area contributed by atoms with Crippen molar-refractivity contribution in [2.24, 2.45) is 7.05 Å². The molecule has 0 aliphatic heterocycles. The van der Waals surface area contributed by atoms with Gasteiger partial charge in [-0.3, -0.25) is 0 Å². The van der Waals surface area contributed by atoms with Crippen molar-refractivity contribution in [2.45, 2.75) is 6.18 Å². The van der Waals surface area contributed by atoms with Crippen LogP contribution in [0.15, 0.2) is 17.6 Å². The smallest absolute Gasteiger partial charge is 0.334 e. The van der Waals surface area contributed by atoms with Crippen molar-refractivity contribution in [1.29, 1.82) is 0 Å². The van der Waals surface area contributed by atoms with Gasteiger partial charge in [0.1, 0.15) is 5.03 Å². The first-order valence-electron chi connectivity index (χ1n) is 3.32. The fourth-order valence-electron chi connectivity index (χ4n) is 0.718. The van der Waals surface area contributed by atoms with Gasteiger partial charge in [-0.05, 0) is 6.08 Å². The minimum absolute atomic E-state index is 0.308. The molecular weight excluding hydrogens is 205 g/mol. The number of hydrogen-bond donors (Lipinski definition) is 0. The van der Waals surface area contributed by atoms with Crippen LogP contribution >= 0.6 is 11.6 Å². The number of rotatable bonds is 1. The van der Waals surface area contributed by atoms with Crippen LogP contribution in [0.5, 0.6) is 0 Å². The molecule has 1 heterocycles. The summed E-state index contributed by atoms with van der Waals surface area (Å²) in [6.07, 6.45) is -0.971. The van der Waals surface area contributed by atoms with Gasteiger partial charge in [-0.15, -0.1) is 0 Å². The second-order valence-electron chi connectivity index (χ2n) is 2.42. The van der Waals surface area contributed by atoms with E-state index in [-0.39, 0.29) is 0 Å². The Hall–Kier alpha value is -0.970. The van der Waals surface area contributed by atoms with Crippen molar-refractivity contribution < 1.29 is 13.2 Å². The van der Waals surface area contributed by atoms with Crippen LogP contribution in [0.25, 0.3) is 6.08 Å². The number of halogens is 4. The van der Waals surface area contributed by atoms with E-state index in [2.05, 4.69) is 4.98 Å². The lowest BCUT2D eigenvalue weighted by atomic mass is 10.4. The van der Waals surface area contributed by atoms with E-state index in [1.54, 1.807) is 7.05 Å². The first kappa shape index (κ1) is 10.1. The third kappa shape index (κ3) is 2.48. The van der Waals surface area contributed by atoms with Crippen LogP contribution in [0.3, 0.4) is 0 Å². The van der Waals surface area contributed by atoms with Gasteiger partial charge in [0.15, 0.2) is 0 Å². The Morgan fingerprint density at radius 2 is 2.23 bits per heavy atom. The molecule has 0 aliphatic carbocycles. The van der Waals surface area contributed by atoms with E-state index < -0.39 is 11.2 Å². The Morgan fingerprint density at radius 3 is 2.62 bits per heavy atom. The Kier molecular flexibility index (Phi) is 2.66. The van der Waals surface area contributed by atoms with Crippen molar-refractivity contribution >= 4 is 17.7 Å². The molecule has 72 valence electrons. The summed E-state index contributed by atoms with van der Waals surface area (Å²) in [6, 6.07) is 0. The zero-order valence-electron chi connectivity index (χ0n) is 6.64. The molecule has 13 heavy (non-hydrogen) atoms. The molecule has 1 aromatic heterocycles. The number of allylic oxidation sites excluding steroid dienone is 1. The highest BCUT2D eigenvalue weighted by atomic mass is 35.5. The molecule has 0 saturated carbocycles. The molecule has 0 aromatic carbocycles. The summed E-state index contributed by atoms with van der Waals surface area (Å²) in [4.78, 5) is 3.65. The topological polar surface area (TPSA) is 17.8 Å². The average molecular weight is 211 g/mol. The molecular formula is C7H6ClF3N2. The zero-order valence-corrected chi connectivity index (χ0v) is 7.39. The lowest BCUT2D eigenvalue weighted by Gasteiger charge is -2.03. The highest BCUT2D eigenvalue weighted by Crippen LogP contribution is 2.29. The van der Waals surface area contributed by atoms with Crippen LogP contribution in [0.1, 0.15) is 5.69 Å². The van der Waals surface area contributed by atoms with Crippen LogP contribution in [0, 0.1) is 0 Å². The van der Waals surface area contributed by atoms with Gasteiger partial charge < -0.3 is 4.57 Å². The predicted molar refractivity (Wildman–Crippen MR) is 43.1 cm³/mol. The van der Waals surface area contributed by atoms with Gasteiger partial charge in [0.05, 0.1) is 18.2 Å². The summed E-state index contributed by atoms with van der Waals surface area (Å²) in [5.41, 5.74) is 0.308. The van der Waals surface area contributed by atoms with Gasteiger partial charge in [-0.2, -0.15) is 13.2 Å². The van der Waals surface area contributed by atoms with Crippen molar-refractivity contribution in [1.82, 2.24) is 9.55 Å². The zero-order chi connectivity index (χ0) is 10.1. The summed E-state index contributed by atoms with van der Waals surface area (Å²) < 4.78 is 37.3. The molecule has 0 aliphatic rings. The van der Waals surface area contributed by atoms with E-state index in [1.165, 1.54) is 17.1 Å². The molecule has 1 rings (SSSR count). The minimum Gasteiger partial charge on any atom is -0.334 e. The second-order valence-corrected chi connectivity index (χ2v) is 2.83. The second kappa shape index (κ2) is 3.41. The highest BCUT2D eigenvalue weighted by molar-refractivity contribution is 6.32. The molecule has 0 saturated heterocycles. The van der Waals surface area contributed by atoms with Crippen LogP contribution in [0.4, 0.5) is 13.2 Å². The van der Waals surface area contributed by atoms with Crippen molar-refractivity contribution in [3.63, 3.8) is 0 Å². The molecule has 0 atom stereocenters. The summed E-state index contributed by atoms with van der Waals surface area (Å²) in [7, 11) is 1.58. The Labute approximate surface area is 77.6 Å². The molecule has 1 aromatic rings. The fraction of sp³-hybridized carbons (Fsp3) is 0.286. The van der Waals surface area contributed by atoms with E-state index >= 15 is 0 Å². The molecule has 0 unspecified atom stereocenters. The summed E-state index contributed by atoms with van der Waals surface area (Å²) >= 11 is 5.02. The third-order valence-corrected chi connectivity index (χ3v) is 1.72. The predicted octanol–water partition coefficient (Wildman–Crippen LogP) is 2.56. The number of alkyl halides is 3. The maximum atomic E-state index is 11.9. The van der Waals surface area contributed by atoms with E-state index in [9.17, 15) is 13.2 Å². The average Bonchev–Trinajstić information content (AvgIpc) is 2.34. The quantitative estimate of drug-likeness (QED) is 0.697. The molecule has 0 spiro atoms. The Bertz CT molecular complexity index is 327. The van der Waals surface area contributed by atoms with Crippen molar-refractivity contribution in [3.8, 4) is 0 Å². The van der Waals surface area contributed by atoms with E-state index in [0.717, 1.165) is 6.08 Å². The number of hydrogen-bond acceptors (Lipinski definition) is 1. The molecule has 0 fully saturated rings. The number of aryl methyl sites for hydroxylation is 1. The maximum absolute atomic E-state index is 11.9. The summed E-state index contributed by atoms with van der Waals surface area (Å²) in [5.74, 6) is 0. The molecule has 0 bridgehead atoms. The van der Waals surface area contributed by atoms with E-state index in [1.807, 2.05) is 0 Å². The first-order chi connectivity index (χ1) is 5.91.